The van der Waals surface area contributed by atoms with Crippen molar-refractivity contribution in [3.63, 3.8) is 0 Å². The molecule has 1 unspecified atom stereocenters. The molecule has 0 N–H and O–H groups in total. The summed E-state index contributed by atoms with van der Waals surface area (Å²) >= 11 is 0. The summed E-state index contributed by atoms with van der Waals surface area (Å²) in [5, 5.41) is 0. The van der Waals surface area contributed by atoms with Crippen molar-refractivity contribution in [1.82, 2.24) is 0 Å². The van der Waals surface area contributed by atoms with Gasteiger partial charge in [-0.15, -0.1) is 0 Å². The zero-order chi connectivity index (χ0) is 17.6. The molecule has 2 heteroatoms. The Morgan fingerprint density at radius 1 is 1.12 bits per heavy atom. The number of unbranched alkanes of at least 4 members (excludes halogenated alkanes) is 5. The average Bonchev–Trinajstić information content (AvgIpc) is 2.82. The molecule has 0 aromatic heterocycles. The fourth-order valence-corrected chi connectivity index (χ4v) is 4.94. The van der Waals surface area contributed by atoms with Crippen LogP contribution in [0, 0.1) is 18.8 Å². The predicted octanol–water partition coefficient (Wildman–Crippen LogP) is 6.05. The van der Waals surface area contributed by atoms with Crippen LogP contribution < -0.4 is 0 Å². The van der Waals surface area contributed by atoms with E-state index in [1.54, 1.807) is 0 Å². The number of aryl methyl sites for hydroxylation is 1. The van der Waals surface area contributed by atoms with Gasteiger partial charge in [-0.2, -0.15) is 0 Å². The molecule has 0 radical (unpaired) electrons. The summed E-state index contributed by atoms with van der Waals surface area (Å²) in [5.41, 5.74) is 6.11. The molecule has 1 nitrogen and oxygen atoms in total. The molecule has 0 bridgehead atoms. The fraction of sp³-hybridized carbons (Fsp3) is 0.478. The lowest BCUT2D eigenvalue weighted by atomic mass is 9.95. The van der Waals surface area contributed by atoms with E-state index in [0.717, 1.165) is 11.3 Å². The van der Waals surface area contributed by atoms with E-state index in [9.17, 15) is 4.21 Å². The first-order valence-electron chi connectivity index (χ1n) is 9.60. The van der Waals surface area contributed by atoms with Gasteiger partial charge in [0.1, 0.15) is 0 Å². The molecular weight excluding hydrogens is 324 g/mol. The van der Waals surface area contributed by atoms with E-state index in [2.05, 4.69) is 50.0 Å². The lowest BCUT2D eigenvalue weighted by Crippen LogP contribution is -2.10. The van der Waals surface area contributed by atoms with Gasteiger partial charge in [0.25, 0.3) is 0 Å². The van der Waals surface area contributed by atoms with Crippen LogP contribution in [0.25, 0.3) is 5.57 Å². The van der Waals surface area contributed by atoms with Crippen molar-refractivity contribution in [3.8, 4) is 11.8 Å². The molecule has 1 aliphatic carbocycles. The van der Waals surface area contributed by atoms with Crippen LogP contribution in [0.2, 0.25) is 0 Å². The molecular formula is C23H28OS. The van der Waals surface area contributed by atoms with Gasteiger partial charge in [0.2, 0.25) is 0 Å². The van der Waals surface area contributed by atoms with Crippen molar-refractivity contribution in [2.24, 2.45) is 0 Å². The van der Waals surface area contributed by atoms with Crippen LogP contribution in [0.3, 0.4) is 0 Å². The van der Waals surface area contributed by atoms with Crippen molar-refractivity contribution in [2.45, 2.75) is 71.0 Å². The van der Waals surface area contributed by atoms with Crippen LogP contribution in [0.4, 0.5) is 0 Å². The highest BCUT2D eigenvalue weighted by Gasteiger charge is 2.24. The van der Waals surface area contributed by atoms with Crippen molar-refractivity contribution < 1.29 is 4.21 Å². The third-order valence-corrected chi connectivity index (χ3v) is 6.52. The van der Waals surface area contributed by atoms with Gasteiger partial charge in [-0.1, -0.05) is 74.6 Å². The maximum absolute atomic E-state index is 12.7. The standard InChI is InChI=1S/C23H28OS/c1-3-4-5-6-7-8-10-19-11-9-12-23-22(16-19)21-15-18(2)13-14-20(21)17-25(23)24/h13-16H,3-8,10,12,17H2,1-2H3. The lowest BCUT2D eigenvalue weighted by molar-refractivity contribution is 0.609. The Balaban J connectivity index is 1.77. The monoisotopic (exact) mass is 352 g/mol. The number of rotatable bonds is 7. The molecule has 0 amide bonds. The highest BCUT2D eigenvalue weighted by molar-refractivity contribution is 7.88. The van der Waals surface area contributed by atoms with E-state index >= 15 is 0 Å². The van der Waals surface area contributed by atoms with E-state index in [-0.39, 0.29) is 0 Å². The van der Waals surface area contributed by atoms with Gasteiger partial charge >= 0.3 is 0 Å². The number of hydrogen-bond acceptors (Lipinski definition) is 1. The van der Waals surface area contributed by atoms with Crippen LogP contribution in [0.1, 0.15) is 75.0 Å². The zero-order valence-electron chi connectivity index (χ0n) is 15.5. The smallest absolute Gasteiger partial charge is 0.0549 e. The molecule has 1 aliphatic heterocycles. The minimum atomic E-state index is -0.929. The molecule has 1 aromatic carbocycles. The highest BCUT2D eigenvalue weighted by atomic mass is 32.2. The first-order valence-corrected chi connectivity index (χ1v) is 10.9. The second-order valence-corrected chi connectivity index (χ2v) is 8.63. The number of hydrogen-bond donors (Lipinski definition) is 0. The van der Waals surface area contributed by atoms with Crippen molar-refractivity contribution >= 4 is 16.4 Å². The van der Waals surface area contributed by atoms with Gasteiger partial charge in [0.15, 0.2) is 0 Å². The molecule has 0 spiro atoms. The SMILES string of the molecule is CCCCCCCCC1=CC2=C(CC#C1)S(=O)Cc1ccc(C)cc12. The molecule has 2 aliphatic rings. The summed E-state index contributed by atoms with van der Waals surface area (Å²) in [6, 6.07) is 6.50. The molecule has 3 rings (SSSR count). The normalized spacial score (nSPS) is 18.6. The summed E-state index contributed by atoms with van der Waals surface area (Å²) in [7, 11) is -0.929. The van der Waals surface area contributed by atoms with Gasteiger partial charge in [-0.05, 0) is 42.5 Å². The van der Waals surface area contributed by atoms with Gasteiger partial charge in [-0.25, -0.2) is 0 Å². The average molecular weight is 353 g/mol. The van der Waals surface area contributed by atoms with E-state index in [4.69, 9.17) is 0 Å². The molecule has 1 aromatic rings. The van der Waals surface area contributed by atoms with Crippen molar-refractivity contribution in [1.29, 1.82) is 0 Å². The minimum absolute atomic E-state index is 0.636. The van der Waals surface area contributed by atoms with Crippen molar-refractivity contribution in [2.75, 3.05) is 0 Å². The van der Waals surface area contributed by atoms with E-state index in [0.29, 0.717) is 12.2 Å². The lowest BCUT2D eigenvalue weighted by Gasteiger charge is -2.20. The van der Waals surface area contributed by atoms with Gasteiger partial charge in [0, 0.05) is 16.9 Å². The Morgan fingerprint density at radius 3 is 2.76 bits per heavy atom. The van der Waals surface area contributed by atoms with E-state index < -0.39 is 10.8 Å². The Kier molecular flexibility index (Phi) is 6.32. The second-order valence-electron chi connectivity index (χ2n) is 7.15. The first kappa shape index (κ1) is 18.2. The van der Waals surface area contributed by atoms with E-state index in [1.165, 1.54) is 66.4 Å². The maximum Gasteiger partial charge on any atom is 0.0549 e. The van der Waals surface area contributed by atoms with E-state index in [1.807, 2.05) is 0 Å². The quantitative estimate of drug-likeness (QED) is 0.431. The third-order valence-electron chi connectivity index (χ3n) is 5.03. The topological polar surface area (TPSA) is 17.1 Å². The van der Waals surface area contributed by atoms with Gasteiger partial charge in [-0.3, -0.25) is 4.21 Å². The van der Waals surface area contributed by atoms with Gasteiger partial charge in [0.05, 0.1) is 16.6 Å². The summed E-state index contributed by atoms with van der Waals surface area (Å²) in [5.74, 6) is 7.24. The number of fused-ring (bicyclic) bond motifs is 2. The summed E-state index contributed by atoms with van der Waals surface area (Å²) < 4.78 is 12.7. The molecule has 1 atom stereocenters. The van der Waals surface area contributed by atoms with Crippen LogP contribution >= 0.6 is 0 Å². The van der Waals surface area contributed by atoms with Gasteiger partial charge < -0.3 is 0 Å². The van der Waals surface area contributed by atoms with Crippen LogP contribution in [0.15, 0.2) is 34.8 Å². The predicted molar refractivity (Wildman–Crippen MR) is 108 cm³/mol. The van der Waals surface area contributed by atoms with Crippen LogP contribution in [0.5, 0.6) is 0 Å². The summed E-state index contributed by atoms with van der Waals surface area (Å²) in [4.78, 5) is 1.03. The molecule has 0 saturated heterocycles. The summed E-state index contributed by atoms with van der Waals surface area (Å²) in [6.07, 6.45) is 11.7. The number of allylic oxidation sites excluding steroid dienone is 4. The first-order chi connectivity index (χ1) is 12.2. The molecule has 0 fully saturated rings. The largest absolute Gasteiger partial charge is 0.254 e. The Bertz CT molecular complexity index is 786. The summed E-state index contributed by atoms with van der Waals surface area (Å²) in [6.45, 7) is 4.38. The Morgan fingerprint density at radius 2 is 1.92 bits per heavy atom. The zero-order valence-corrected chi connectivity index (χ0v) is 16.3. The molecule has 0 saturated carbocycles. The highest BCUT2D eigenvalue weighted by Crippen LogP contribution is 2.36. The van der Waals surface area contributed by atoms with Crippen LogP contribution in [-0.4, -0.2) is 4.21 Å². The Labute approximate surface area is 155 Å². The molecule has 1 heterocycles. The molecule has 25 heavy (non-hydrogen) atoms. The second kappa shape index (κ2) is 8.68. The fourth-order valence-electron chi connectivity index (χ4n) is 3.58. The van der Waals surface area contributed by atoms with Crippen molar-refractivity contribution in [3.05, 3.63) is 51.4 Å². The number of benzene rings is 1. The van der Waals surface area contributed by atoms with Crippen LogP contribution in [-0.2, 0) is 16.6 Å². The third kappa shape index (κ3) is 4.53. The minimum Gasteiger partial charge on any atom is -0.254 e. The maximum atomic E-state index is 12.7. The Hall–Kier alpha value is -1.59. The molecule has 132 valence electrons.